The molecule has 2 bridgehead atoms. The summed E-state index contributed by atoms with van der Waals surface area (Å²) in [5.41, 5.74) is 3.51. The third-order valence-electron chi connectivity index (χ3n) is 6.52. The van der Waals surface area contributed by atoms with Crippen molar-refractivity contribution < 1.29 is 23.4 Å². The van der Waals surface area contributed by atoms with Crippen LogP contribution in [0.2, 0.25) is 0 Å². The van der Waals surface area contributed by atoms with Gasteiger partial charge in [0.15, 0.2) is 5.82 Å². The van der Waals surface area contributed by atoms with Crippen LogP contribution in [0.25, 0.3) is 22.3 Å². The highest BCUT2D eigenvalue weighted by Gasteiger charge is 2.41. The number of halogens is 2. The molecule has 0 saturated heterocycles. The number of carbonyl (C=O) groups is 1. The molecule has 1 unspecified atom stereocenters. The Bertz CT molecular complexity index is 1550. The second-order valence-corrected chi connectivity index (χ2v) is 9.10. The van der Waals surface area contributed by atoms with Crippen LogP contribution in [0.3, 0.4) is 0 Å². The van der Waals surface area contributed by atoms with Crippen LogP contribution in [0.1, 0.15) is 53.0 Å². The summed E-state index contributed by atoms with van der Waals surface area (Å²) in [7, 11) is 0. The first-order chi connectivity index (χ1) is 17.3. The number of ketones is 1. The van der Waals surface area contributed by atoms with Gasteiger partial charge < -0.3 is 19.7 Å². The number of rotatable bonds is 5. The van der Waals surface area contributed by atoms with Gasteiger partial charge in [0.25, 0.3) is 0 Å². The number of imidazole rings is 1. The summed E-state index contributed by atoms with van der Waals surface area (Å²) in [4.78, 5) is 26.0. The molecule has 0 fully saturated rings. The molecule has 4 heterocycles. The zero-order chi connectivity index (χ0) is 25.1. The van der Waals surface area contributed by atoms with Gasteiger partial charge in [-0.25, -0.2) is 15.0 Å². The molecule has 3 atom stereocenters. The molecule has 2 N–H and O–H groups in total. The van der Waals surface area contributed by atoms with Crippen molar-refractivity contribution in [1.29, 1.82) is 0 Å². The van der Waals surface area contributed by atoms with Gasteiger partial charge in [0.1, 0.15) is 22.7 Å². The number of hydrogen-bond acceptors (Lipinski definition) is 7. The molecule has 8 nitrogen and oxygen atoms in total. The number of ether oxygens (including phenoxy) is 1. The van der Waals surface area contributed by atoms with Crippen molar-refractivity contribution in [3.05, 3.63) is 71.4 Å². The quantitative estimate of drug-likeness (QED) is 0.309. The van der Waals surface area contributed by atoms with Crippen LogP contribution in [-0.2, 0) is 0 Å². The Kier molecular flexibility index (Phi) is 5.27. The van der Waals surface area contributed by atoms with Crippen molar-refractivity contribution >= 4 is 34.0 Å². The van der Waals surface area contributed by atoms with Gasteiger partial charge in [-0.15, -0.1) is 0 Å². The SMILES string of the molecule is CC(O)C(=O)c1nccc(-c2c(OC(F)F)ccc3c2[C@H]2C[C@@H](NC3=S)c3nc4ccccc4n32)n1. The lowest BCUT2D eigenvalue weighted by Gasteiger charge is -2.24. The van der Waals surface area contributed by atoms with E-state index >= 15 is 0 Å². The van der Waals surface area contributed by atoms with E-state index in [1.165, 1.54) is 25.3 Å². The van der Waals surface area contributed by atoms with Crippen LogP contribution in [0.5, 0.6) is 5.75 Å². The molecule has 36 heavy (non-hydrogen) atoms. The number of benzene rings is 2. The number of carbonyl (C=O) groups excluding carboxylic acids is 1. The third-order valence-corrected chi connectivity index (χ3v) is 6.86. The van der Waals surface area contributed by atoms with E-state index in [0.29, 0.717) is 22.5 Å². The van der Waals surface area contributed by atoms with Crippen LogP contribution in [-0.4, -0.2) is 48.1 Å². The van der Waals surface area contributed by atoms with Crippen LogP contribution >= 0.6 is 12.2 Å². The summed E-state index contributed by atoms with van der Waals surface area (Å²) in [6, 6.07) is 11.8. The molecule has 11 heteroatoms. The number of aromatic nitrogens is 4. The van der Waals surface area contributed by atoms with Gasteiger partial charge >= 0.3 is 6.61 Å². The standard InChI is InChI=1S/C25H19F2N5O3S/c1-11(33)21(34)22-28-9-8-14(29-22)20-18(35-25(26)27)7-6-12-19(20)17-10-15(31-24(12)36)23-30-13-4-2-3-5-16(13)32(17)23/h2-9,11,15,17,25,33H,10H2,1H3,(H,31,36)/t11?,15-,17-/m1/s1. The van der Waals surface area contributed by atoms with E-state index in [9.17, 15) is 18.7 Å². The van der Waals surface area contributed by atoms with Gasteiger partial charge in [0.2, 0.25) is 5.78 Å². The molecule has 0 aliphatic carbocycles. The average molecular weight is 508 g/mol. The Morgan fingerprint density at radius 1 is 1.22 bits per heavy atom. The molecule has 0 spiro atoms. The number of thiocarbonyl (C=S) groups is 1. The van der Waals surface area contributed by atoms with E-state index in [2.05, 4.69) is 19.9 Å². The molecule has 2 aromatic heterocycles. The van der Waals surface area contributed by atoms with Crippen molar-refractivity contribution in [1.82, 2.24) is 24.8 Å². The zero-order valence-electron chi connectivity index (χ0n) is 18.9. The summed E-state index contributed by atoms with van der Waals surface area (Å²) in [6.45, 7) is -1.77. The van der Waals surface area contributed by atoms with Gasteiger partial charge in [-0.05, 0) is 49.2 Å². The maximum atomic E-state index is 13.5. The predicted octanol–water partition coefficient (Wildman–Crippen LogP) is 3.97. The molecule has 182 valence electrons. The summed E-state index contributed by atoms with van der Waals surface area (Å²) in [5, 5.41) is 13.1. The normalized spacial score (nSPS) is 19.0. The van der Waals surface area contributed by atoms with E-state index in [-0.39, 0.29) is 34.9 Å². The molecule has 2 aromatic carbocycles. The van der Waals surface area contributed by atoms with Crippen molar-refractivity contribution in [3.8, 4) is 17.0 Å². The number of aliphatic hydroxyl groups excluding tert-OH is 1. The first-order valence-corrected chi connectivity index (χ1v) is 11.7. The average Bonchev–Trinajstić information content (AvgIpc) is 3.35. The van der Waals surface area contributed by atoms with Crippen molar-refractivity contribution in [2.24, 2.45) is 0 Å². The second-order valence-electron chi connectivity index (χ2n) is 8.69. The number of hydrogen-bond donors (Lipinski definition) is 2. The van der Waals surface area contributed by atoms with E-state index in [0.717, 1.165) is 16.9 Å². The molecule has 2 aliphatic heterocycles. The van der Waals surface area contributed by atoms with Crippen LogP contribution in [0.4, 0.5) is 8.78 Å². The largest absolute Gasteiger partial charge is 0.434 e. The van der Waals surface area contributed by atoms with Gasteiger partial charge in [-0.1, -0.05) is 24.4 Å². The van der Waals surface area contributed by atoms with Crippen LogP contribution in [0, 0.1) is 0 Å². The third kappa shape index (κ3) is 3.46. The minimum atomic E-state index is -3.08. The van der Waals surface area contributed by atoms with Crippen molar-refractivity contribution in [2.45, 2.75) is 38.1 Å². The lowest BCUT2D eigenvalue weighted by atomic mass is 9.91. The highest BCUT2D eigenvalue weighted by atomic mass is 32.1. The Morgan fingerprint density at radius 2 is 2.03 bits per heavy atom. The minimum absolute atomic E-state index is 0.1000. The minimum Gasteiger partial charge on any atom is -0.434 e. The van der Waals surface area contributed by atoms with Gasteiger partial charge in [-0.2, -0.15) is 8.78 Å². The molecule has 2 aliphatic rings. The maximum Gasteiger partial charge on any atom is 0.387 e. The van der Waals surface area contributed by atoms with Crippen LogP contribution in [0.15, 0.2) is 48.7 Å². The number of nitrogens with zero attached hydrogens (tertiary/aromatic N) is 4. The fraction of sp³-hybridized carbons (Fsp3) is 0.240. The van der Waals surface area contributed by atoms with Crippen molar-refractivity contribution in [3.63, 3.8) is 0 Å². The predicted molar refractivity (Wildman–Crippen MR) is 130 cm³/mol. The lowest BCUT2D eigenvalue weighted by molar-refractivity contribution is -0.0495. The van der Waals surface area contributed by atoms with Crippen molar-refractivity contribution in [2.75, 3.05) is 0 Å². The summed E-state index contributed by atoms with van der Waals surface area (Å²) in [6.07, 6.45) is 0.611. The van der Waals surface area contributed by atoms with E-state index in [1.54, 1.807) is 6.07 Å². The molecular formula is C25H19F2N5O3S. The summed E-state index contributed by atoms with van der Waals surface area (Å²) in [5.74, 6) is -0.211. The Balaban J connectivity index is 1.65. The topological polar surface area (TPSA) is 102 Å². The lowest BCUT2D eigenvalue weighted by Crippen LogP contribution is -2.27. The molecular weight excluding hydrogens is 488 g/mol. The van der Waals surface area contributed by atoms with E-state index < -0.39 is 18.5 Å². The number of Topliss-reactive ketones (excluding diaryl/α,β-unsaturated/α-hetero) is 1. The first-order valence-electron chi connectivity index (χ1n) is 11.3. The van der Waals surface area contributed by atoms with Gasteiger partial charge in [0.05, 0.1) is 28.8 Å². The number of para-hydroxylation sites is 2. The number of nitrogens with one attached hydrogen (secondary N) is 1. The van der Waals surface area contributed by atoms with E-state index in [1.807, 2.05) is 24.3 Å². The fourth-order valence-corrected chi connectivity index (χ4v) is 5.40. The number of alkyl halides is 2. The molecule has 0 radical (unpaired) electrons. The Hall–Kier alpha value is -3.83. The molecule has 0 amide bonds. The van der Waals surface area contributed by atoms with Gasteiger partial charge in [0, 0.05) is 17.3 Å². The summed E-state index contributed by atoms with van der Waals surface area (Å²) < 4.78 is 34.0. The molecule has 6 rings (SSSR count). The maximum absolute atomic E-state index is 13.5. The Labute approximate surface area is 209 Å². The van der Waals surface area contributed by atoms with E-state index in [4.69, 9.17) is 21.9 Å². The first kappa shape index (κ1) is 22.6. The Morgan fingerprint density at radius 3 is 2.81 bits per heavy atom. The number of aliphatic hydroxyl groups is 1. The van der Waals surface area contributed by atoms with Gasteiger partial charge in [-0.3, -0.25) is 4.79 Å². The monoisotopic (exact) mass is 507 g/mol. The second kappa shape index (κ2) is 8.38. The smallest absolute Gasteiger partial charge is 0.387 e. The number of fused-ring (bicyclic) bond motifs is 9. The summed E-state index contributed by atoms with van der Waals surface area (Å²) >= 11 is 5.71. The highest BCUT2D eigenvalue weighted by Crippen LogP contribution is 2.49. The molecule has 4 aromatic rings. The molecule has 0 saturated carbocycles. The highest BCUT2D eigenvalue weighted by molar-refractivity contribution is 7.80. The van der Waals surface area contributed by atoms with Crippen LogP contribution < -0.4 is 10.1 Å². The zero-order valence-corrected chi connectivity index (χ0v) is 19.7. The fourth-order valence-electron chi connectivity index (χ4n) is 5.08.